The van der Waals surface area contributed by atoms with Gasteiger partial charge >= 0.3 is 11.9 Å². The Morgan fingerprint density at radius 2 is 1.15 bits per heavy atom. The molecule has 5 aromatic carbocycles. The van der Waals surface area contributed by atoms with Gasteiger partial charge in [-0.15, -0.1) is 11.3 Å². The van der Waals surface area contributed by atoms with Crippen molar-refractivity contribution < 1.29 is 37.4 Å². The summed E-state index contributed by atoms with van der Waals surface area (Å²) in [5.41, 5.74) is 2.04. The highest BCUT2D eigenvalue weighted by Crippen LogP contribution is 2.42. The predicted molar refractivity (Wildman–Crippen MR) is 196 cm³/mol. The second-order valence-electron chi connectivity index (χ2n) is 12.4. The largest absolute Gasteiger partial charge is 0.492 e. The van der Waals surface area contributed by atoms with Crippen molar-refractivity contribution in [1.29, 1.82) is 0 Å². The van der Waals surface area contributed by atoms with E-state index in [0.717, 1.165) is 19.6 Å². The summed E-state index contributed by atoms with van der Waals surface area (Å²) in [6.07, 6.45) is 3.71. The van der Waals surface area contributed by atoms with Crippen LogP contribution in [0.3, 0.4) is 0 Å². The molecule has 10 heteroatoms. The normalized spacial score (nSPS) is 13.1. The number of esters is 2. The fourth-order valence-electron chi connectivity index (χ4n) is 6.07. The van der Waals surface area contributed by atoms with Crippen LogP contribution >= 0.6 is 11.3 Å². The van der Waals surface area contributed by atoms with Gasteiger partial charge in [-0.1, -0.05) is 6.42 Å². The quantitative estimate of drug-likeness (QED) is 0.0751. The SMILES string of the molecule is O=C(Oc1ccc(-c2sc3cc(OC(=O)c4ccc(F)cc4)ccc3c2C(=O)c2ccc(OCCN3CCCCC3)cc2)cc1)c1ccc(F)cc1. The van der Waals surface area contributed by atoms with E-state index in [1.165, 1.54) is 79.1 Å². The number of ether oxygens (including phenoxy) is 3. The number of rotatable bonds is 11. The van der Waals surface area contributed by atoms with Gasteiger partial charge in [-0.2, -0.15) is 0 Å². The fraction of sp³-hybridized carbons (Fsp3) is 0.167. The Morgan fingerprint density at radius 3 is 1.77 bits per heavy atom. The highest BCUT2D eigenvalue weighted by Gasteiger charge is 2.23. The molecule has 0 amide bonds. The van der Waals surface area contributed by atoms with E-state index in [2.05, 4.69) is 4.90 Å². The minimum absolute atomic E-state index is 0.198. The van der Waals surface area contributed by atoms with Gasteiger partial charge in [0.05, 0.1) is 11.1 Å². The van der Waals surface area contributed by atoms with Crippen LogP contribution in [0.25, 0.3) is 20.5 Å². The molecule has 1 aliphatic rings. The van der Waals surface area contributed by atoms with Crippen LogP contribution < -0.4 is 14.2 Å². The number of piperidine rings is 1. The van der Waals surface area contributed by atoms with Gasteiger partial charge in [-0.05, 0) is 147 Å². The summed E-state index contributed by atoms with van der Waals surface area (Å²) in [6.45, 7) is 3.61. The number of carbonyl (C=O) groups excluding carboxylic acids is 3. The molecule has 1 fully saturated rings. The molecule has 0 N–H and O–H groups in total. The number of halogens is 2. The van der Waals surface area contributed by atoms with Crippen LogP contribution in [0.5, 0.6) is 17.2 Å². The van der Waals surface area contributed by atoms with E-state index < -0.39 is 23.6 Å². The summed E-state index contributed by atoms with van der Waals surface area (Å²) in [6, 6.07) is 29.1. The van der Waals surface area contributed by atoms with Gasteiger partial charge in [0.1, 0.15) is 35.5 Å². The maximum atomic E-state index is 14.3. The fourth-order valence-corrected chi connectivity index (χ4v) is 7.30. The van der Waals surface area contributed by atoms with E-state index in [1.807, 2.05) is 0 Å². The third-order valence-electron chi connectivity index (χ3n) is 8.83. The Bertz CT molecular complexity index is 2210. The molecule has 1 saturated heterocycles. The van der Waals surface area contributed by atoms with Gasteiger partial charge in [0, 0.05) is 32.6 Å². The lowest BCUT2D eigenvalue weighted by molar-refractivity contribution is 0.0725. The third-order valence-corrected chi connectivity index (χ3v) is 10.0. The minimum atomic E-state index is -0.642. The number of carbonyl (C=O) groups is 3. The number of fused-ring (bicyclic) bond motifs is 1. The second kappa shape index (κ2) is 15.7. The molecule has 0 saturated carbocycles. The first-order valence-corrected chi connectivity index (χ1v) is 17.7. The van der Waals surface area contributed by atoms with Crippen LogP contribution in [0.2, 0.25) is 0 Å². The van der Waals surface area contributed by atoms with Gasteiger partial charge < -0.3 is 14.2 Å². The first-order valence-electron chi connectivity index (χ1n) is 16.9. The molecule has 0 aliphatic carbocycles. The Morgan fingerprint density at radius 1 is 0.615 bits per heavy atom. The number of hydrogen-bond acceptors (Lipinski definition) is 8. The lowest BCUT2D eigenvalue weighted by Gasteiger charge is -2.26. The average Bonchev–Trinajstić information content (AvgIpc) is 3.55. The van der Waals surface area contributed by atoms with Crippen molar-refractivity contribution in [1.82, 2.24) is 4.90 Å². The maximum absolute atomic E-state index is 14.3. The van der Waals surface area contributed by atoms with Gasteiger partial charge in [-0.25, -0.2) is 18.4 Å². The Labute approximate surface area is 303 Å². The number of benzene rings is 5. The summed E-state index contributed by atoms with van der Waals surface area (Å²) in [5.74, 6) is -1.17. The van der Waals surface area contributed by atoms with Gasteiger partial charge in [0.15, 0.2) is 5.78 Å². The highest BCUT2D eigenvalue weighted by atomic mass is 32.1. The van der Waals surface area contributed by atoms with Crippen molar-refractivity contribution >= 4 is 39.1 Å². The van der Waals surface area contributed by atoms with E-state index in [4.69, 9.17) is 14.2 Å². The van der Waals surface area contributed by atoms with Crippen LogP contribution in [0.1, 0.15) is 55.9 Å². The van der Waals surface area contributed by atoms with E-state index >= 15 is 0 Å². The van der Waals surface area contributed by atoms with Crippen LogP contribution in [0.15, 0.2) is 115 Å². The topological polar surface area (TPSA) is 82.1 Å². The standard InChI is InChI=1S/C42H33F2NO6S/c43-31-12-4-29(5-13-31)41(47)50-34-18-10-28(11-19-34)40-38(39(46)27-8-16-33(17-9-27)49-25-24-45-22-2-1-3-23-45)36-21-20-35(26-37(36)52-40)51-42(48)30-6-14-32(44)15-7-30/h4-21,26H,1-3,22-25H2. The van der Waals surface area contributed by atoms with Crippen molar-refractivity contribution in [2.24, 2.45) is 0 Å². The summed E-state index contributed by atoms with van der Waals surface area (Å²) in [7, 11) is 0. The molecule has 0 radical (unpaired) electrons. The summed E-state index contributed by atoms with van der Waals surface area (Å²) >= 11 is 1.35. The molecular formula is C42H33F2NO6S. The molecule has 7 nitrogen and oxygen atoms in total. The zero-order valence-corrected chi connectivity index (χ0v) is 28.8. The van der Waals surface area contributed by atoms with Crippen molar-refractivity contribution in [2.45, 2.75) is 19.3 Å². The number of hydrogen-bond donors (Lipinski definition) is 0. The first-order chi connectivity index (χ1) is 25.3. The van der Waals surface area contributed by atoms with Crippen LogP contribution in [-0.4, -0.2) is 48.9 Å². The molecular weight excluding hydrogens is 685 g/mol. The number of thiophene rings is 1. The van der Waals surface area contributed by atoms with Crippen molar-refractivity contribution in [3.05, 3.63) is 149 Å². The molecule has 0 unspecified atom stereocenters. The lowest BCUT2D eigenvalue weighted by atomic mass is 9.97. The summed E-state index contributed by atoms with van der Waals surface area (Å²) in [5, 5.41) is 0.667. The van der Waals surface area contributed by atoms with Crippen LogP contribution in [-0.2, 0) is 0 Å². The van der Waals surface area contributed by atoms with E-state index in [1.54, 1.807) is 66.7 Å². The zero-order chi connectivity index (χ0) is 36.0. The Hall–Kier alpha value is -5.71. The van der Waals surface area contributed by atoms with Crippen LogP contribution in [0.4, 0.5) is 8.78 Å². The first kappa shape index (κ1) is 34.7. The average molecular weight is 718 g/mol. The molecule has 6 aromatic rings. The summed E-state index contributed by atoms with van der Waals surface area (Å²) < 4.78 is 44.5. The summed E-state index contributed by atoms with van der Waals surface area (Å²) in [4.78, 5) is 42.7. The number of ketones is 1. The Kier molecular flexibility index (Phi) is 10.5. The molecule has 7 rings (SSSR count). The zero-order valence-electron chi connectivity index (χ0n) is 28.0. The molecule has 0 bridgehead atoms. The molecule has 0 atom stereocenters. The molecule has 0 spiro atoms. The molecule has 52 heavy (non-hydrogen) atoms. The minimum Gasteiger partial charge on any atom is -0.492 e. The molecule has 1 aliphatic heterocycles. The molecule has 1 aromatic heterocycles. The van der Waals surface area contributed by atoms with E-state index in [9.17, 15) is 23.2 Å². The monoisotopic (exact) mass is 717 g/mol. The van der Waals surface area contributed by atoms with Crippen molar-refractivity contribution in [3.8, 4) is 27.7 Å². The van der Waals surface area contributed by atoms with E-state index in [0.29, 0.717) is 44.0 Å². The smallest absolute Gasteiger partial charge is 0.343 e. The van der Waals surface area contributed by atoms with Crippen molar-refractivity contribution in [2.75, 3.05) is 26.2 Å². The maximum Gasteiger partial charge on any atom is 0.343 e. The van der Waals surface area contributed by atoms with Crippen LogP contribution in [0, 0.1) is 11.6 Å². The Balaban J connectivity index is 1.15. The van der Waals surface area contributed by atoms with Gasteiger partial charge in [0.25, 0.3) is 0 Å². The highest BCUT2D eigenvalue weighted by molar-refractivity contribution is 7.22. The number of nitrogens with zero attached hydrogens (tertiary/aromatic N) is 1. The second-order valence-corrected chi connectivity index (χ2v) is 13.4. The lowest BCUT2D eigenvalue weighted by Crippen LogP contribution is -2.33. The van der Waals surface area contributed by atoms with Gasteiger partial charge in [0.2, 0.25) is 0 Å². The van der Waals surface area contributed by atoms with Crippen molar-refractivity contribution in [3.63, 3.8) is 0 Å². The number of likely N-dealkylation sites (tertiary alicyclic amines) is 1. The third kappa shape index (κ3) is 8.09. The molecule has 262 valence electrons. The predicted octanol–water partition coefficient (Wildman–Crippen LogP) is 9.38. The molecule has 2 heterocycles. The van der Waals surface area contributed by atoms with E-state index in [-0.39, 0.29) is 28.4 Å². The van der Waals surface area contributed by atoms with Gasteiger partial charge in [-0.3, -0.25) is 9.69 Å².